The second kappa shape index (κ2) is 7.04. The van der Waals surface area contributed by atoms with Crippen LogP contribution in [0.15, 0.2) is 36.4 Å². The zero-order chi connectivity index (χ0) is 17.3. The molecule has 1 aliphatic heterocycles. The smallest absolute Gasteiger partial charge is 0.338 e. The monoisotopic (exact) mass is 363 g/mol. The minimum Gasteiger partial charge on any atom is -0.465 e. The molecule has 0 spiro atoms. The number of hydrogen-bond acceptors (Lipinski definition) is 3. The maximum Gasteiger partial charge on any atom is 0.338 e. The fraction of sp³-hybridized carbons (Fsp3) is 0.316. The van der Waals surface area contributed by atoms with Crippen LogP contribution < -0.4 is 4.90 Å². The van der Waals surface area contributed by atoms with Crippen molar-refractivity contribution in [2.75, 3.05) is 25.1 Å². The molecule has 2 aromatic rings. The lowest BCUT2D eigenvalue weighted by Gasteiger charge is -2.20. The Morgan fingerprint density at radius 1 is 1.17 bits per heavy atom. The Morgan fingerprint density at radius 2 is 1.88 bits per heavy atom. The number of benzene rings is 2. The molecular formula is C19H19Cl2NO2. The van der Waals surface area contributed by atoms with Gasteiger partial charge in [-0.1, -0.05) is 23.2 Å². The molecule has 1 aliphatic rings. The number of methoxy groups -OCH3 is 1. The van der Waals surface area contributed by atoms with Crippen LogP contribution in [0.1, 0.15) is 33.8 Å². The molecule has 0 N–H and O–H groups in total. The van der Waals surface area contributed by atoms with Gasteiger partial charge in [-0.3, -0.25) is 0 Å². The number of carbonyl (C=O) groups is 1. The van der Waals surface area contributed by atoms with Gasteiger partial charge < -0.3 is 9.64 Å². The molecular weight excluding hydrogens is 345 g/mol. The highest BCUT2D eigenvalue weighted by Gasteiger charge is 2.25. The largest absolute Gasteiger partial charge is 0.465 e. The van der Waals surface area contributed by atoms with Crippen LogP contribution in [-0.4, -0.2) is 26.2 Å². The number of anilines is 1. The van der Waals surface area contributed by atoms with Crippen molar-refractivity contribution in [3.8, 4) is 0 Å². The fourth-order valence-corrected chi connectivity index (χ4v) is 3.80. The Morgan fingerprint density at radius 3 is 2.50 bits per heavy atom. The highest BCUT2D eigenvalue weighted by molar-refractivity contribution is 6.34. The van der Waals surface area contributed by atoms with Gasteiger partial charge in [0.1, 0.15) is 0 Å². The van der Waals surface area contributed by atoms with Crippen LogP contribution in [-0.2, 0) is 4.74 Å². The van der Waals surface area contributed by atoms with E-state index in [1.54, 1.807) is 6.07 Å². The number of nitrogens with zero attached hydrogens (tertiary/aromatic N) is 1. The van der Waals surface area contributed by atoms with Crippen molar-refractivity contribution in [3.05, 3.63) is 63.1 Å². The predicted molar refractivity (Wildman–Crippen MR) is 98.6 cm³/mol. The summed E-state index contributed by atoms with van der Waals surface area (Å²) in [6.45, 7) is 3.81. The van der Waals surface area contributed by atoms with E-state index >= 15 is 0 Å². The van der Waals surface area contributed by atoms with E-state index in [1.165, 1.54) is 12.7 Å². The van der Waals surface area contributed by atoms with Crippen molar-refractivity contribution in [1.29, 1.82) is 0 Å². The molecule has 3 nitrogen and oxygen atoms in total. The molecule has 1 atom stereocenters. The SMILES string of the molecule is COC(=O)c1ccc(N2CCC(c3cc(Cl)cc(Cl)c3)C2)cc1C. The zero-order valence-corrected chi connectivity index (χ0v) is 15.2. The average molecular weight is 364 g/mol. The van der Waals surface area contributed by atoms with Crippen molar-refractivity contribution in [1.82, 2.24) is 0 Å². The van der Waals surface area contributed by atoms with Crippen LogP contribution >= 0.6 is 23.2 Å². The van der Waals surface area contributed by atoms with E-state index in [9.17, 15) is 4.79 Å². The molecule has 3 rings (SSSR count). The van der Waals surface area contributed by atoms with Crippen molar-refractivity contribution < 1.29 is 9.53 Å². The Balaban J connectivity index is 1.78. The van der Waals surface area contributed by atoms with Gasteiger partial charge in [-0.05, 0) is 60.9 Å². The van der Waals surface area contributed by atoms with Crippen molar-refractivity contribution in [2.24, 2.45) is 0 Å². The molecule has 0 aromatic heterocycles. The highest BCUT2D eigenvalue weighted by atomic mass is 35.5. The summed E-state index contributed by atoms with van der Waals surface area (Å²) in [7, 11) is 1.40. The first-order chi connectivity index (χ1) is 11.5. The summed E-state index contributed by atoms with van der Waals surface area (Å²) >= 11 is 12.2. The first-order valence-electron chi connectivity index (χ1n) is 7.88. The summed E-state index contributed by atoms with van der Waals surface area (Å²) in [5, 5.41) is 1.35. The Bertz CT molecular complexity index is 756. The van der Waals surface area contributed by atoms with E-state index in [2.05, 4.69) is 4.90 Å². The number of halogens is 2. The number of aryl methyl sites for hydroxylation is 1. The lowest BCUT2D eigenvalue weighted by atomic mass is 9.98. The lowest BCUT2D eigenvalue weighted by molar-refractivity contribution is 0.0600. The van der Waals surface area contributed by atoms with Crippen LogP contribution in [0.5, 0.6) is 0 Å². The van der Waals surface area contributed by atoms with Crippen LogP contribution in [0.25, 0.3) is 0 Å². The third-order valence-corrected chi connectivity index (χ3v) is 4.96. The second-order valence-corrected chi connectivity index (χ2v) is 7.00. The third kappa shape index (κ3) is 3.52. The van der Waals surface area contributed by atoms with Crippen molar-refractivity contribution >= 4 is 34.9 Å². The molecule has 0 saturated carbocycles. The van der Waals surface area contributed by atoms with E-state index < -0.39 is 0 Å². The van der Waals surface area contributed by atoms with Gasteiger partial charge >= 0.3 is 5.97 Å². The van der Waals surface area contributed by atoms with E-state index in [4.69, 9.17) is 27.9 Å². The molecule has 126 valence electrons. The average Bonchev–Trinajstić information content (AvgIpc) is 3.03. The third-order valence-electron chi connectivity index (χ3n) is 4.52. The molecule has 1 saturated heterocycles. The molecule has 0 bridgehead atoms. The Hall–Kier alpha value is -1.71. The minimum absolute atomic E-state index is 0.299. The number of rotatable bonds is 3. The van der Waals surface area contributed by atoms with Gasteiger partial charge in [0.25, 0.3) is 0 Å². The zero-order valence-electron chi connectivity index (χ0n) is 13.7. The minimum atomic E-state index is -0.299. The van der Waals surface area contributed by atoms with Gasteiger partial charge in [0.15, 0.2) is 0 Å². The molecule has 5 heteroatoms. The van der Waals surface area contributed by atoms with Gasteiger partial charge in [-0.15, -0.1) is 0 Å². The van der Waals surface area contributed by atoms with Crippen molar-refractivity contribution in [2.45, 2.75) is 19.3 Å². The van der Waals surface area contributed by atoms with Gasteiger partial charge in [-0.2, -0.15) is 0 Å². The van der Waals surface area contributed by atoms with E-state index in [1.807, 2.05) is 37.3 Å². The van der Waals surface area contributed by atoms with Gasteiger partial charge in [0, 0.05) is 34.7 Å². The van der Waals surface area contributed by atoms with Crippen LogP contribution in [0.4, 0.5) is 5.69 Å². The van der Waals surface area contributed by atoms with Gasteiger partial charge in [0.2, 0.25) is 0 Å². The Labute approximate surface area is 152 Å². The molecule has 1 unspecified atom stereocenters. The topological polar surface area (TPSA) is 29.5 Å². The molecule has 1 fully saturated rings. The predicted octanol–water partition coefficient (Wildman–Crippen LogP) is 5.08. The summed E-state index contributed by atoms with van der Waals surface area (Å²) < 4.78 is 4.80. The number of ether oxygens (including phenoxy) is 1. The van der Waals surface area contributed by atoms with Crippen LogP contribution in [0.2, 0.25) is 10.0 Å². The van der Waals surface area contributed by atoms with E-state index in [-0.39, 0.29) is 5.97 Å². The molecule has 2 aromatic carbocycles. The summed E-state index contributed by atoms with van der Waals surface area (Å²) in [6.07, 6.45) is 1.05. The van der Waals surface area contributed by atoms with Gasteiger partial charge in [-0.25, -0.2) is 4.79 Å². The summed E-state index contributed by atoms with van der Waals surface area (Å²) in [4.78, 5) is 14.0. The van der Waals surface area contributed by atoms with E-state index in [0.29, 0.717) is 21.5 Å². The normalized spacial score (nSPS) is 17.2. The second-order valence-electron chi connectivity index (χ2n) is 6.13. The molecule has 0 radical (unpaired) electrons. The summed E-state index contributed by atoms with van der Waals surface area (Å²) in [6, 6.07) is 11.6. The molecule has 0 aliphatic carbocycles. The number of hydrogen-bond donors (Lipinski definition) is 0. The first-order valence-corrected chi connectivity index (χ1v) is 8.63. The maximum atomic E-state index is 11.7. The first kappa shape index (κ1) is 17.1. The quantitative estimate of drug-likeness (QED) is 0.711. The molecule has 1 heterocycles. The maximum absolute atomic E-state index is 11.7. The summed E-state index contributed by atoms with van der Waals surface area (Å²) in [5.74, 6) is 0.105. The molecule has 0 amide bonds. The fourth-order valence-electron chi connectivity index (χ4n) is 3.26. The van der Waals surface area contributed by atoms with Gasteiger partial charge in [0.05, 0.1) is 12.7 Å². The highest BCUT2D eigenvalue weighted by Crippen LogP contribution is 2.34. The number of esters is 1. The Kier molecular flexibility index (Phi) is 5.02. The van der Waals surface area contributed by atoms with Crippen LogP contribution in [0, 0.1) is 6.92 Å². The lowest BCUT2D eigenvalue weighted by Crippen LogP contribution is -2.19. The molecule has 24 heavy (non-hydrogen) atoms. The van der Waals surface area contributed by atoms with Crippen LogP contribution in [0.3, 0.4) is 0 Å². The van der Waals surface area contributed by atoms with Crippen molar-refractivity contribution in [3.63, 3.8) is 0 Å². The van der Waals surface area contributed by atoms with E-state index in [0.717, 1.165) is 30.8 Å². The summed E-state index contributed by atoms with van der Waals surface area (Å²) in [5.41, 5.74) is 3.83. The number of carbonyl (C=O) groups excluding carboxylic acids is 1. The standard InChI is InChI=1S/C19H19Cl2NO2/c1-12-7-17(3-4-18(12)19(23)24-2)22-6-5-13(11-22)14-8-15(20)10-16(21)9-14/h3-4,7-10,13H,5-6,11H2,1-2H3.